The van der Waals surface area contributed by atoms with Gasteiger partial charge in [-0.2, -0.15) is 10.4 Å². The topological polar surface area (TPSA) is 172 Å². The molecule has 0 aliphatic heterocycles. The van der Waals surface area contributed by atoms with Gasteiger partial charge in [-0.1, -0.05) is 24.3 Å². The summed E-state index contributed by atoms with van der Waals surface area (Å²) in [7, 11) is 0. The van der Waals surface area contributed by atoms with Gasteiger partial charge < -0.3 is 11.0 Å². The first-order valence-electron chi connectivity index (χ1n) is 4.51. The highest BCUT2D eigenvalue weighted by Gasteiger charge is 2.05. The van der Waals surface area contributed by atoms with Crippen molar-refractivity contribution in [1.29, 1.82) is 0 Å². The van der Waals surface area contributed by atoms with Crippen LogP contribution in [0.15, 0.2) is 24.3 Å². The van der Waals surface area contributed by atoms with Crippen molar-refractivity contribution in [2.75, 3.05) is 0 Å². The Hall–Kier alpha value is -2.72. The molecule has 94 valence electrons. The normalized spacial score (nSPS) is 9.33. The summed E-state index contributed by atoms with van der Waals surface area (Å²) >= 11 is 0. The molecule has 3 rings (SSSR count). The molecule has 2 heterocycles. The molecule has 18 heavy (non-hydrogen) atoms. The molecule has 2 aromatic heterocycles. The number of nitrogens with one attached hydrogen (secondary N) is 2. The van der Waals surface area contributed by atoms with Gasteiger partial charge in [-0.15, -0.1) is 20.4 Å². The highest BCUT2D eigenvalue weighted by molar-refractivity contribution is 5.62. The van der Waals surface area contributed by atoms with Crippen molar-refractivity contribution in [3.63, 3.8) is 0 Å². The standard InChI is InChI=1S/C8H6N8.2H2O/c1-2-6(8-11-15-16-12-8)4-3-5(1)7-9-13-14-10-7;;/h1-4H,(H,9,10,13,14)(H,11,12,15,16);2*1H2. The second-order valence-electron chi connectivity index (χ2n) is 3.05. The molecule has 0 amide bonds. The summed E-state index contributed by atoms with van der Waals surface area (Å²) < 4.78 is 0. The first-order chi connectivity index (χ1) is 7.93. The molecule has 6 N–H and O–H groups in total. The van der Waals surface area contributed by atoms with Crippen LogP contribution in [0.25, 0.3) is 22.8 Å². The van der Waals surface area contributed by atoms with Crippen LogP contribution < -0.4 is 0 Å². The molecule has 3 aromatic rings. The summed E-state index contributed by atoms with van der Waals surface area (Å²) in [5, 5.41) is 27.3. The van der Waals surface area contributed by atoms with Crippen LogP contribution in [0.5, 0.6) is 0 Å². The minimum Gasteiger partial charge on any atom is -0.412 e. The van der Waals surface area contributed by atoms with Crippen molar-refractivity contribution in [3.05, 3.63) is 24.3 Å². The Kier molecular flexibility index (Phi) is 4.12. The summed E-state index contributed by atoms with van der Waals surface area (Å²) in [6.45, 7) is 0. The van der Waals surface area contributed by atoms with Crippen molar-refractivity contribution in [1.82, 2.24) is 41.2 Å². The number of hydrogen-bond donors (Lipinski definition) is 2. The van der Waals surface area contributed by atoms with Gasteiger partial charge >= 0.3 is 0 Å². The van der Waals surface area contributed by atoms with E-state index in [9.17, 15) is 0 Å². The maximum absolute atomic E-state index is 3.88. The predicted octanol–water partition coefficient (Wildman–Crippen LogP) is -1.60. The number of nitrogens with zero attached hydrogens (tertiary/aromatic N) is 6. The summed E-state index contributed by atoms with van der Waals surface area (Å²) in [6, 6.07) is 7.49. The third-order valence-electron chi connectivity index (χ3n) is 2.09. The minimum atomic E-state index is 0. The zero-order valence-electron chi connectivity index (χ0n) is 8.99. The molecule has 10 heteroatoms. The lowest BCUT2D eigenvalue weighted by Crippen LogP contribution is -1.84. The molecule has 0 aliphatic rings. The summed E-state index contributed by atoms with van der Waals surface area (Å²) in [5.74, 6) is 1.11. The Balaban J connectivity index is 0.000000810. The van der Waals surface area contributed by atoms with Gasteiger partial charge in [0.05, 0.1) is 0 Å². The minimum absolute atomic E-state index is 0. The first-order valence-corrected chi connectivity index (χ1v) is 4.51. The van der Waals surface area contributed by atoms with Crippen LogP contribution >= 0.6 is 0 Å². The lowest BCUT2D eigenvalue weighted by Gasteiger charge is -1.96. The molecule has 0 unspecified atom stereocenters. The van der Waals surface area contributed by atoms with Crippen molar-refractivity contribution in [3.8, 4) is 22.8 Å². The van der Waals surface area contributed by atoms with Gasteiger partial charge in [0, 0.05) is 11.1 Å². The maximum atomic E-state index is 3.88. The second-order valence-corrected chi connectivity index (χ2v) is 3.05. The van der Waals surface area contributed by atoms with E-state index in [1.807, 2.05) is 24.3 Å². The van der Waals surface area contributed by atoms with Crippen molar-refractivity contribution in [2.45, 2.75) is 0 Å². The molecule has 0 aliphatic carbocycles. The van der Waals surface area contributed by atoms with E-state index >= 15 is 0 Å². The van der Waals surface area contributed by atoms with Crippen molar-refractivity contribution in [2.24, 2.45) is 0 Å². The van der Waals surface area contributed by atoms with Gasteiger partial charge in [-0.05, 0) is 10.4 Å². The van der Waals surface area contributed by atoms with Crippen LogP contribution in [-0.2, 0) is 0 Å². The third kappa shape index (κ3) is 2.34. The fourth-order valence-electron chi connectivity index (χ4n) is 1.34. The number of aromatic amines is 2. The zero-order chi connectivity index (χ0) is 10.8. The largest absolute Gasteiger partial charge is 0.412 e. The van der Waals surface area contributed by atoms with Crippen molar-refractivity contribution >= 4 is 0 Å². The zero-order valence-corrected chi connectivity index (χ0v) is 8.99. The number of tetrazole rings is 2. The van der Waals surface area contributed by atoms with Crippen LogP contribution in [0.3, 0.4) is 0 Å². The highest BCUT2D eigenvalue weighted by atomic mass is 16.0. The number of aromatic nitrogens is 8. The Labute approximate surface area is 100 Å². The second kappa shape index (κ2) is 5.56. The average molecular weight is 250 g/mol. The molecule has 0 radical (unpaired) electrons. The average Bonchev–Trinajstić information content (AvgIpc) is 3.03. The van der Waals surface area contributed by atoms with E-state index in [4.69, 9.17) is 0 Å². The Bertz CT molecular complexity index is 508. The maximum Gasteiger partial charge on any atom is 0.204 e. The van der Waals surface area contributed by atoms with E-state index in [0.717, 1.165) is 11.1 Å². The molecule has 0 bridgehead atoms. The van der Waals surface area contributed by atoms with E-state index in [1.165, 1.54) is 0 Å². The third-order valence-corrected chi connectivity index (χ3v) is 2.09. The molecule has 10 nitrogen and oxygen atoms in total. The quantitative estimate of drug-likeness (QED) is 0.553. The van der Waals surface area contributed by atoms with E-state index in [0.29, 0.717) is 11.6 Å². The van der Waals surface area contributed by atoms with Crippen molar-refractivity contribution < 1.29 is 11.0 Å². The Morgan fingerprint density at radius 2 is 1.06 bits per heavy atom. The SMILES string of the molecule is O.O.c1cc(-c2nn[nH]n2)ccc1-c1nn[nH]n1. The molecule has 0 saturated heterocycles. The molecular weight excluding hydrogens is 240 g/mol. The summed E-state index contributed by atoms with van der Waals surface area (Å²) in [5.41, 5.74) is 1.75. The fourth-order valence-corrected chi connectivity index (χ4v) is 1.34. The van der Waals surface area contributed by atoms with E-state index < -0.39 is 0 Å². The number of H-pyrrole nitrogens is 2. The van der Waals surface area contributed by atoms with E-state index in [2.05, 4.69) is 41.2 Å². The van der Waals surface area contributed by atoms with Crippen LogP contribution in [0, 0.1) is 0 Å². The molecule has 0 atom stereocenters. The number of benzene rings is 1. The number of rotatable bonds is 2. The lowest BCUT2D eigenvalue weighted by molar-refractivity contribution is 0.823. The Morgan fingerprint density at radius 3 is 1.33 bits per heavy atom. The van der Waals surface area contributed by atoms with Crippen LogP contribution in [0.1, 0.15) is 0 Å². The lowest BCUT2D eigenvalue weighted by atomic mass is 10.1. The Morgan fingerprint density at radius 1 is 0.667 bits per heavy atom. The molecule has 0 saturated carbocycles. The summed E-state index contributed by atoms with van der Waals surface area (Å²) in [4.78, 5) is 0. The van der Waals surface area contributed by atoms with Gasteiger partial charge in [0.1, 0.15) is 0 Å². The smallest absolute Gasteiger partial charge is 0.204 e. The monoisotopic (exact) mass is 250 g/mol. The first kappa shape index (κ1) is 13.3. The van der Waals surface area contributed by atoms with Gasteiger partial charge in [-0.25, -0.2) is 0 Å². The van der Waals surface area contributed by atoms with Crippen LogP contribution in [-0.4, -0.2) is 52.2 Å². The van der Waals surface area contributed by atoms with Gasteiger partial charge in [0.25, 0.3) is 0 Å². The highest BCUT2D eigenvalue weighted by Crippen LogP contribution is 2.18. The summed E-state index contributed by atoms with van der Waals surface area (Å²) in [6.07, 6.45) is 0. The van der Waals surface area contributed by atoms with Gasteiger partial charge in [0.15, 0.2) is 0 Å². The number of hydrogen-bond acceptors (Lipinski definition) is 6. The van der Waals surface area contributed by atoms with Gasteiger partial charge in [0.2, 0.25) is 11.6 Å². The fraction of sp³-hybridized carbons (Fsp3) is 0. The molecule has 0 spiro atoms. The molecule has 1 aromatic carbocycles. The van der Waals surface area contributed by atoms with Crippen LogP contribution in [0.4, 0.5) is 0 Å². The molecule has 0 fully saturated rings. The molecular formula is C8H10N8O2. The van der Waals surface area contributed by atoms with Gasteiger partial charge in [-0.3, -0.25) is 0 Å². The van der Waals surface area contributed by atoms with E-state index in [1.54, 1.807) is 0 Å². The predicted molar refractivity (Wildman–Crippen MR) is 60.0 cm³/mol. The van der Waals surface area contributed by atoms with E-state index in [-0.39, 0.29) is 11.0 Å². The van der Waals surface area contributed by atoms with Crippen LogP contribution in [0.2, 0.25) is 0 Å².